The van der Waals surface area contributed by atoms with Crippen LogP contribution in [0.1, 0.15) is 32.1 Å². The Kier molecular flexibility index (Phi) is 3.86. The van der Waals surface area contributed by atoms with Crippen molar-refractivity contribution in [2.24, 2.45) is 0 Å². The second-order valence-corrected chi connectivity index (χ2v) is 8.44. The Morgan fingerprint density at radius 2 is 1.95 bits per heavy atom. The number of aliphatic hydroxyl groups excluding tert-OH is 1. The first-order valence-electron chi connectivity index (χ1n) is 7.43. The highest BCUT2D eigenvalue weighted by molar-refractivity contribution is 7.91. The number of likely N-dealkylation sites (tertiary alicyclic amines) is 1. The SMILES string of the molecule is O=S1(=O)CC(O)C(N2CCCCC2CNC2CC2)C1. The molecule has 3 aliphatic rings. The van der Waals surface area contributed by atoms with E-state index in [2.05, 4.69) is 10.2 Å². The molecule has 3 fully saturated rings. The second-order valence-electron chi connectivity index (χ2n) is 6.28. The minimum Gasteiger partial charge on any atom is -0.390 e. The number of rotatable bonds is 4. The molecule has 0 spiro atoms. The van der Waals surface area contributed by atoms with Gasteiger partial charge in [-0.1, -0.05) is 6.42 Å². The molecule has 3 rings (SSSR count). The maximum Gasteiger partial charge on any atom is 0.154 e. The first-order chi connectivity index (χ1) is 9.05. The molecule has 3 atom stereocenters. The van der Waals surface area contributed by atoms with E-state index in [1.54, 1.807) is 0 Å². The van der Waals surface area contributed by atoms with Crippen LogP contribution in [0.3, 0.4) is 0 Å². The predicted octanol–water partition coefficient (Wildman–Crippen LogP) is -0.249. The number of hydrogen-bond donors (Lipinski definition) is 2. The molecular formula is C13H24N2O3S. The molecule has 2 saturated heterocycles. The van der Waals surface area contributed by atoms with Crippen molar-refractivity contribution in [3.05, 3.63) is 0 Å². The van der Waals surface area contributed by atoms with Crippen LogP contribution in [0.15, 0.2) is 0 Å². The van der Waals surface area contributed by atoms with Crippen molar-refractivity contribution in [1.82, 2.24) is 10.2 Å². The molecule has 2 heterocycles. The highest BCUT2D eigenvalue weighted by Crippen LogP contribution is 2.27. The number of hydrogen-bond acceptors (Lipinski definition) is 5. The molecule has 3 unspecified atom stereocenters. The van der Waals surface area contributed by atoms with Gasteiger partial charge in [0, 0.05) is 18.6 Å². The molecule has 0 aromatic rings. The molecule has 19 heavy (non-hydrogen) atoms. The van der Waals surface area contributed by atoms with Gasteiger partial charge in [-0.2, -0.15) is 0 Å². The van der Waals surface area contributed by atoms with Crippen LogP contribution in [0, 0.1) is 0 Å². The fourth-order valence-electron chi connectivity index (χ4n) is 3.40. The highest BCUT2D eigenvalue weighted by Gasteiger charge is 2.42. The molecular weight excluding hydrogens is 264 g/mol. The summed E-state index contributed by atoms with van der Waals surface area (Å²) in [6, 6.07) is 0.889. The average molecular weight is 288 g/mol. The summed E-state index contributed by atoms with van der Waals surface area (Å²) in [4.78, 5) is 2.26. The molecule has 1 aliphatic carbocycles. The van der Waals surface area contributed by atoms with E-state index in [0.29, 0.717) is 12.1 Å². The number of nitrogens with zero attached hydrogens (tertiary/aromatic N) is 1. The van der Waals surface area contributed by atoms with Crippen LogP contribution in [-0.2, 0) is 9.84 Å². The summed E-state index contributed by atoms with van der Waals surface area (Å²) in [6.07, 6.45) is 5.28. The summed E-state index contributed by atoms with van der Waals surface area (Å²) in [6.45, 7) is 1.86. The fraction of sp³-hybridized carbons (Fsp3) is 1.00. The van der Waals surface area contributed by atoms with E-state index >= 15 is 0 Å². The summed E-state index contributed by atoms with van der Waals surface area (Å²) < 4.78 is 23.3. The zero-order chi connectivity index (χ0) is 13.5. The summed E-state index contributed by atoms with van der Waals surface area (Å²) in [5.41, 5.74) is 0. The summed E-state index contributed by atoms with van der Waals surface area (Å²) >= 11 is 0. The van der Waals surface area contributed by atoms with Crippen LogP contribution in [0.2, 0.25) is 0 Å². The Bertz CT molecular complexity index is 422. The van der Waals surface area contributed by atoms with Gasteiger partial charge in [0.05, 0.1) is 23.7 Å². The molecule has 110 valence electrons. The third kappa shape index (κ3) is 3.29. The van der Waals surface area contributed by atoms with Crippen LogP contribution in [0.5, 0.6) is 0 Å². The van der Waals surface area contributed by atoms with Gasteiger partial charge >= 0.3 is 0 Å². The van der Waals surface area contributed by atoms with Crippen molar-refractivity contribution in [2.45, 2.75) is 56.3 Å². The highest BCUT2D eigenvalue weighted by atomic mass is 32.2. The van der Waals surface area contributed by atoms with Gasteiger partial charge < -0.3 is 10.4 Å². The lowest BCUT2D eigenvalue weighted by molar-refractivity contribution is 0.0345. The molecule has 2 N–H and O–H groups in total. The lowest BCUT2D eigenvalue weighted by Crippen LogP contribution is -2.54. The Morgan fingerprint density at radius 1 is 1.16 bits per heavy atom. The van der Waals surface area contributed by atoms with Crippen molar-refractivity contribution in [3.63, 3.8) is 0 Å². The van der Waals surface area contributed by atoms with E-state index in [0.717, 1.165) is 25.9 Å². The number of nitrogens with one attached hydrogen (secondary N) is 1. The molecule has 0 aromatic heterocycles. The van der Waals surface area contributed by atoms with Crippen LogP contribution in [-0.4, -0.2) is 67.2 Å². The van der Waals surface area contributed by atoms with Gasteiger partial charge in [0.1, 0.15) is 0 Å². The van der Waals surface area contributed by atoms with Crippen molar-refractivity contribution in [1.29, 1.82) is 0 Å². The van der Waals surface area contributed by atoms with E-state index in [1.165, 1.54) is 19.3 Å². The van der Waals surface area contributed by atoms with Gasteiger partial charge in [0.25, 0.3) is 0 Å². The van der Waals surface area contributed by atoms with Gasteiger partial charge in [0.15, 0.2) is 9.84 Å². The topological polar surface area (TPSA) is 69.6 Å². The molecule has 0 amide bonds. The fourth-order valence-corrected chi connectivity index (χ4v) is 5.21. The predicted molar refractivity (Wildman–Crippen MR) is 73.8 cm³/mol. The lowest BCUT2D eigenvalue weighted by Gasteiger charge is -2.40. The molecule has 5 nitrogen and oxygen atoms in total. The van der Waals surface area contributed by atoms with E-state index in [-0.39, 0.29) is 17.5 Å². The Balaban J connectivity index is 1.65. The zero-order valence-electron chi connectivity index (χ0n) is 11.3. The van der Waals surface area contributed by atoms with E-state index in [9.17, 15) is 13.5 Å². The first-order valence-corrected chi connectivity index (χ1v) is 9.25. The van der Waals surface area contributed by atoms with Gasteiger partial charge in [-0.05, 0) is 32.2 Å². The zero-order valence-corrected chi connectivity index (χ0v) is 12.1. The minimum absolute atomic E-state index is 0.0586. The standard InChI is InChI=1S/C13H24N2O3S/c16-13-9-19(17,18)8-12(13)15-6-2-1-3-11(15)7-14-10-4-5-10/h10-14,16H,1-9H2. The maximum atomic E-state index is 11.7. The maximum absolute atomic E-state index is 11.7. The van der Waals surface area contributed by atoms with Gasteiger partial charge in [-0.3, -0.25) is 4.90 Å². The van der Waals surface area contributed by atoms with Crippen LogP contribution >= 0.6 is 0 Å². The first kappa shape index (κ1) is 13.8. The second kappa shape index (κ2) is 5.31. The molecule has 0 aromatic carbocycles. The third-order valence-electron chi connectivity index (χ3n) is 4.61. The Hall–Kier alpha value is -0.170. The van der Waals surface area contributed by atoms with Crippen molar-refractivity contribution < 1.29 is 13.5 Å². The Labute approximate surface area is 115 Å². The van der Waals surface area contributed by atoms with Crippen molar-refractivity contribution in [3.8, 4) is 0 Å². The van der Waals surface area contributed by atoms with E-state index < -0.39 is 15.9 Å². The summed E-state index contributed by atoms with van der Waals surface area (Å²) in [5, 5.41) is 13.6. The summed E-state index contributed by atoms with van der Waals surface area (Å²) in [7, 11) is -3.05. The molecule has 0 bridgehead atoms. The molecule has 0 radical (unpaired) electrons. The van der Waals surface area contributed by atoms with Crippen LogP contribution < -0.4 is 5.32 Å². The monoisotopic (exact) mass is 288 g/mol. The Morgan fingerprint density at radius 3 is 2.58 bits per heavy atom. The number of piperidine rings is 1. The van der Waals surface area contributed by atoms with Gasteiger partial charge in [0.2, 0.25) is 0 Å². The average Bonchev–Trinajstić information content (AvgIpc) is 3.13. The van der Waals surface area contributed by atoms with Crippen molar-refractivity contribution in [2.75, 3.05) is 24.6 Å². The van der Waals surface area contributed by atoms with E-state index in [1.807, 2.05) is 0 Å². The minimum atomic E-state index is -3.05. The quantitative estimate of drug-likeness (QED) is 0.746. The smallest absolute Gasteiger partial charge is 0.154 e. The third-order valence-corrected chi connectivity index (χ3v) is 6.31. The largest absolute Gasteiger partial charge is 0.390 e. The molecule has 1 saturated carbocycles. The van der Waals surface area contributed by atoms with Crippen LogP contribution in [0.4, 0.5) is 0 Å². The normalized spacial score (nSPS) is 39.5. The van der Waals surface area contributed by atoms with E-state index in [4.69, 9.17) is 0 Å². The van der Waals surface area contributed by atoms with Crippen LogP contribution in [0.25, 0.3) is 0 Å². The number of aliphatic hydroxyl groups is 1. The molecule has 6 heteroatoms. The molecule has 2 aliphatic heterocycles. The van der Waals surface area contributed by atoms with Gasteiger partial charge in [-0.15, -0.1) is 0 Å². The van der Waals surface area contributed by atoms with Gasteiger partial charge in [-0.25, -0.2) is 8.42 Å². The summed E-state index contributed by atoms with van der Waals surface area (Å²) in [5.74, 6) is 0.0744. The lowest BCUT2D eigenvalue weighted by atomic mass is 9.98. The van der Waals surface area contributed by atoms with Crippen molar-refractivity contribution >= 4 is 9.84 Å². The number of sulfone groups is 1.